The minimum Gasteiger partial charge on any atom is -0.488 e. The minimum atomic E-state index is 0.531. The van der Waals surface area contributed by atoms with Gasteiger partial charge in [-0.2, -0.15) is 0 Å². The van der Waals surface area contributed by atoms with Crippen molar-refractivity contribution in [2.45, 2.75) is 13.8 Å². The van der Waals surface area contributed by atoms with Gasteiger partial charge in [-0.15, -0.1) is 0 Å². The first-order chi connectivity index (χ1) is 6.59. The van der Waals surface area contributed by atoms with E-state index in [1.807, 2.05) is 19.9 Å². The molecule has 0 aliphatic carbocycles. The predicted octanol–water partition coefficient (Wildman–Crippen LogP) is 4.34. The van der Waals surface area contributed by atoms with Crippen molar-refractivity contribution in [3.05, 3.63) is 39.9 Å². The van der Waals surface area contributed by atoms with Crippen LogP contribution >= 0.6 is 23.2 Å². The average Bonchev–Trinajstić information content (AvgIpc) is 2.08. The third-order valence-electron chi connectivity index (χ3n) is 1.62. The lowest BCUT2D eigenvalue weighted by Gasteiger charge is -2.05. The van der Waals surface area contributed by atoms with Crippen LogP contribution in [0.5, 0.6) is 5.75 Å². The van der Waals surface area contributed by atoms with Crippen molar-refractivity contribution in [2.24, 2.45) is 0 Å². The molecule has 3 heteroatoms. The molecule has 1 rings (SSSR count). The smallest absolute Gasteiger partial charge is 0.138 e. The molecule has 14 heavy (non-hydrogen) atoms. The second-order valence-corrected chi connectivity index (χ2v) is 4.01. The number of benzene rings is 1. The van der Waals surface area contributed by atoms with Crippen LogP contribution < -0.4 is 4.74 Å². The first kappa shape index (κ1) is 11.4. The number of ether oxygens (including phenoxy) is 1. The maximum atomic E-state index is 5.91. The van der Waals surface area contributed by atoms with E-state index in [-0.39, 0.29) is 0 Å². The monoisotopic (exact) mass is 230 g/mol. The molecule has 0 amide bonds. The second-order valence-electron chi connectivity index (χ2n) is 3.17. The van der Waals surface area contributed by atoms with Crippen molar-refractivity contribution in [1.29, 1.82) is 0 Å². The third kappa shape index (κ3) is 3.60. The molecule has 0 fully saturated rings. The van der Waals surface area contributed by atoms with Crippen LogP contribution in [0.25, 0.3) is 0 Å². The second kappa shape index (κ2) is 5.28. The van der Waals surface area contributed by atoms with Gasteiger partial charge < -0.3 is 4.74 Å². The fraction of sp³-hybridized carbons (Fsp3) is 0.273. The van der Waals surface area contributed by atoms with Gasteiger partial charge >= 0.3 is 0 Å². The fourth-order valence-corrected chi connectivity index (χ4v) is 1.35. The summed E-state index contributed by atoms with van der Waals surface area (Å²) < 4.78 is 5.44. The van der Waals surface area contributed by atoms with E-state index < -0.39 is 0 Å². The molecular weight excluding hydrogens is 219 g/mol. The zero-order chi connectivity index (χ0) is 10.6. The van der Waals surface area contributed by atoms with Crippen LogP contribution in [0.3, 0.4) is 0 Å². The summed E-state index contributed by atoms with van der Waals surface area (Å²) in [6.07, 6.45) is 1.99. The largest absolute Gasteiger partial charge is 0.488 e. The van der Waals surface area contributed by atoms with Crippen molar-refractivity contribution < 1.29 is 4.74 Å². The predicted molar refractivity (Wildman–Crippen MR) is 61.4 cm³/mol. The molecule has 0 atom stereocenters. The zero-order valence-electron chi connectivity index (χ0n) is 8.18. The number of halogens is 2. The quantitative estimate of drug-likeness (QED) is 0.703. The molecule has 0 aromatic heterocycles. The lowest BCUT2D eigenvalue weighted by atomic mass is 10.3. The summed E-state index contributed by atoms with van der Waals surface area (Å²) in [7, 11) is 0. The Balaban J connectivity index is 2.64. The average molecular weight is 231 g/mol. The molecule has 0 saturated heterocycles. The van der Waals surface area contributed by atoms with Crippen LogP contribution in [-0.4, -0.2) is 6.61 Å². The van der Waals surface area contributed by atoms with Crippen LogP contribution in [0.15, 0.2) is 29.8 Å². The minimum absolute atomic E-state index is 0.531. The molecule has 0 aliphatic heterocycles. The van der Waals surface area contributed by atoms with E-state index in [9.17, 15) is 0 Å². The number of rotatable bonds is 3. The highest BCUT2D eigenvalue weighted by atomic mass is 35.5. The van der Waals surface area contributed by atoms with Gasteiger partial charge in [-0.3, -0.25) is 0 Å². The van der Waals surface area contributed by atoms with Gasteiger partial charge in [0.05, 0.1) is 5.02 Å². The van der Waals surface area contributed by atoms with Gasteiger partial charge in [0, 0.05) is 5.02 Å². The Bertz CT molecular complexity index is 341. The van der Waals surface area contributed by atoms with E-state index in [0.717, 1.165) is 0 Å². The van der Waals surface area contributed by atoms with Gasteiger partial charge in [0.15, 0.2) is 0 Å². The van der Waals surface area contributed by atoms with Crippen LogP contribution in [0.2, 0.25) is 10.0 Å². The van der Waals surface area contributed by atoms with Crippen LogP contribution in [0, 0.1) is 0 Å². The molecular formula is C11H12Cl2O. The Kier molecular flexibility index (Phi) is 4.30. The lowest BCUT2D eigenvalue weighted by Crippen LogP contribution is -1.94. The Morgan fingerprint density at radius 2 is 2.07 bits per heavy atom. The summed E-state index contributed by atoms with van der Waals surface area (Å²) in [4.78, 5) is 0. The first-order valence-electron chi connectivity index (χ1n) is 4.31. The van der Waals surface area contributed by atoms with Crippen molar-refractivity contribution in [3.8, 4) is 5.75 Å². The molecule has 1 aromatic rings. The Labute approximate surface area is 94.3 Å². The molecule has 0 aliphatic rings. The van der Waals surface area contributed by atoms with Crippen molar-refractivity contribution >= 4 is 23.2 Å². The van der Waals surface area contributed by atoms with Gasteiger partial charge in [0.2, 0.25) is 0 Å². The first-order valence-corrected chi connectivity index (χ1v) is 5.06. The van der Waals surface area contributed by atoms with Crippen LogP contribution in [0.1, 0.15) is 13.8 Å². The molecule has 76 valence electrons. The molecule has 0 heterocycles. The van der Waals surface area contributed by atoms with E-state index in [1.54, 1.807) is 18.2 Å². The van der Waals surface area contributed by atoms with Crippen LogP contribution in [0.4, 0.5) is 0 Å². The zero-order valence-corrected chi connectivity index (χ0v) is 9.69. The SMILES string of the molecule is CC(C)=CCOc1ccc(Cl)cc1Cl. The summed E-state index contributed by atoms with van der Waals surface area (Å²) in [5, 5.41) is 1.16. The standard InChI is InChI=1S/C11H12Cl2O/c1-8(2)5-6-14-11-4-3-9(12)7-10(11)13/h3-5,7H,6H2,1-2H3. The summed E-state index contributed by atoms with van der Waals surface area (Å²) in [6, 6.07) is 5.19. The highest BCUT2D eigenvalue weighted by Gasteiger charge is 2.00. The van der Waals surface area contributed by atoms with Crippen LogP contribution in [-0.2, 0) is 0 Å². The van der Waals surface area contributed by atoms with E-state index in [1.165, 1.54) is 5.57 Å². The van der Waals surface area contributed by atoms with Crippen molar-refractivity contribution in [1.82, 2.24) is 0 Å². The Hall–Kier alpha value is -0.660. The molecule has 0 spiro atoms. The number of allylic oxidation sites excluding steroid dienone is 1. The fourth-order valence-electron chi connectivity index (χ4n) is 0.890. The molecule has 0 bridgehead atoms. The summed E-state index contributed by atoms with van der Waals surface area (Å²) in [6.45, 7) is 4.57. The molecule has 1 aromatic carbocycles. The topological polar surface area (TPSA) is 9.23 Å². The van der Waals surface area contributed by atoms with E-state index in [0.29, 0.717) is 22.4 Å². The molecule has 1 nitrogen and oxygen atoms in total. The van der Waals surface area contributed by atoms with Gasteiger partial charge in [-0.05, 0) is 38.1 Å². The molecule has 0 radical (unpaired) electrons. The molecule has 0 saturated carbocycles. The van der Waals surface area contributed by atoms with Gasteiger partial charge in [0.1, 0.15) is 12.4 Å². The maximum Gasteiger partial charge on any atom is 0.138 e. The van der Waals surface area contributed by atoms with E-state index >= 15 is 0 Å². The Morgan fingerprint density at radius 3 is 2.64 bits per heavy atom. The Morgan fingerprint density at radius 1 is 1.36 bits per heavy atom. The van der Waals surface area contributed by atoms with E-state index in [4.69, 9.17) is 27.9 Å². The summed E-state index contributed by atoms with van der Waals surface area (Å²) >= 11 is 11.7. The number of hydrogen-bond acceptors (Lipinski definition) is 1. The maximum absolute atomic E-state index is 5.91. The highest BCUT2D eigenvalue weighted by Crippen LogP contribution is 2.27. The van der Waals surface area contributed by atoms with Crippen molar-refractivity contribution in [3.63, 3.8) is 0 Å². The number of hydrogen-bond donors (Lipinski definition) is 0. The highest BCUT2D eigenvalue weighted by molar-refractivity contribution is 6.35. The summed E-state index contributed by atoms with van der Waals surface area (Å²) in [5.41, 5.74) is 1.22. The molecule has 0 N–H and O–H groups in total. The van der Waals surface area contributed by atoms with Crippen molar-refractivity contribution in [2.75, 3.05) is 6.61 Å². The normalized spacial score (nSPS) is 9.71. The van der Waals surface area contributed by atoms with E-state index in [2.05, 4.69) is 0 Å². The lowest BCUT2D eigenvalue weighted by molar-refractivity contribution is 0.362. The van der Waals surface area contributed by atoms with Gasteiger partial charge in [-0.25, -0.2) is 0 Å². The molecule has 0 unspecified atom stereocenters. The summed E-state index contributed by atoms with van der Waals surface area (Å²) in [5.74, 6) is 0.661. The van der Waals surface area contributed by atoms with Gasteiger partial charge in [-0.1, -0.05) is 28.8 Å². The third-order valence-corrected chi connectivity index (χ3v) is 2.15. The van der Waals surface area contributed by atoms with Gasteiger partial charge in [0.25, 0.3) is 0 Å².